The fraction of sp³-hybridized carbons (Fsp3) is 0.308. The zero-order valence-electron chi connectivity index (χ0n) is 10.2. The van der Waals surface area contributed by atoms with Gasteiger partial charge in [0.05, 0.1) is 5.69 Å². The van der Waals surface area contributed by atoms with Gasteiger partial charge in [-0.15, -0.1) is 0 Å². The van der Waals surface area contributed by atoms with Crippen molar-refractivity contribution in [3.8, 4) is 11.6 Å². The van der Waals surface area contributed by atoms with Gasteiger partial charge in [-0.2, -0.15) is 5.10 Å². The van der Waals surface area contributed by atoms with E-state index in [9.17, 15) is 0 Å². The van der Waals surface area contributed by atoms with E-state index < -0.39 is 0 Å². The van der Waals surface area contributed by atoms with Gasteiger partial charge in [0.2, 0.25) is 5.88 Å². The van der Waals surface area contributed by atoms with E-state index in [1.807, 2.05) is 45.2 Å². The third kappa shape index (κ3) is 2.36. The van der Waals surface area contributed by atoms with Gasteiger partial charge >= 0.3 is 0 Å². The Kier molecular flexibility index (Phi) is 3.52. The van der Waals surface area contributed by atoms with Crippen LogP contribution < -0.4 is 4.74 Å². The van der Waals surface area contributed by atoms with Crippen molar-refractivity contribution in [2.24, 2.45) is 7.05 Å². The molecule has 1 heterocycles. The molecule has 2 rings (SSSR count). The third-order valence-corrected chi connectivity index (χ3v) is 3.28. The van der Waals surface area contributed by atoms with Crippen molar-refractivity contribution in [2.75, 3.05) is 0 Å². The van der Waals surface area contributed by atoms with E-state index in [0.29, 0.717) is 0 Å². The molecule has 0 amide bonds. The summed E-state index contributed by atoms with van der Waals surface area (Å²) in [5.74, 6) is 1.67. The van der Waals surface area contributed by atoms with Crippen molar-refractivity contribution in [1.29, 1.82) is 0 Å². The highest BCUT2D eigenvalue weighted by molar-refractivity contribution is 9.08. The van der Waals surface area contributed by atoms with Crippen LogP contribution in [0.3, 0.4) is 0 Å². The predicted molar refractivity (Wildman–Crippen MR) is 71.8 cm³/mol. The highest BCUT2D eigenvalue weighted by Gasteiger charge is 2.14. The molecule has 17 heavy (non-hydrogen) atoms. The second kappa shape index (κ2) is 4.92. The van der Waals surface area contributed by atoms with Gasteiger partial charge in [-0.3, -0.25) is 0 Å². The summed E-state index contributed by atoms with van der Waals surface area (Å²) in [6.07, 6.45) is 0. The van der Waals surface area contributed by atoms with Crippen molar-refractivity contribution in [3.05, 3.63) is 41.1 Å². The highest BCUT2D eigenvalue weighted by Crippen LogP contribution is 2.30. The zero-order valence-corrected chi connectivity index (χ0v) is 11.8. The fourth-order valence-electron chi connectivity index (χ4n) is 1.74. The first-order valence-electron chi connectivity index (χ1n) is 5.45. The number of aromatic nitrogens is 2. The summed E-state index contributed by atoms with van der Waals surface area (Å²) in [7, 11) is 1.90. The summed E-state index contributed by atoms with van der Waals surface area (Å²) in [6.45, 7) is 4.02. The minimum absolute atomic E-state index is 0.744. The van der Waals surface area contributed by atoms with Gasteiger partial charge in [-0.25, -0.2) is 4.68 Å². The van der Waals surface area contributed by atoms with E-state index in [4.69, 9.17) is 4.74 Å². The van der Waals surface area contributed by atoms with Crippen LogP contribution in [0.5, 0.6) is 11.6 Å². The number of para-hydroxylation sites is 1. The largest absolute Gasteiger partial charge is 0.439 e. The number of alkyl halides is 1. The van der Waals surface area contributed by atoms with Gasteiger partial charge in [-0.05, 0) is 25.5 Å². The second-order valence-corrected chi connectivity index (χ2v) is 4.55. The molecule has 2 aromatic rings. The van der Waals surface area contributed by atoms with Crippen molar-refractivity contribution < 1.29 is 4.74 Å². The van der Waals surface area contributed by atoms with Crippen LogP contribution in [0.1, 0.15) is 16.8 Å². The standard InChI is InChI=1S/C13H15BrN2O/c1-9-6-4-5-7-12(9)17-13-11(8-14)10(2)15-16(13)3/h4-7H,8H2,1-3H3. The van der Waals surface area contributed by atoms with Crippen molar-refractivity contribution in [3.63, 3.8) is 0 Å². The van der Waals surface area contributed by atoms with E-state index in [1.165, 1.54) is 0 Å². The van der Waals surface area contributed by atoms with Gasteiger partial charge in [0.1, 0.15) is 5.75 Å². The van der Waals surface area contributed by atoms with Crippen LogP contribution in [-0.2, 0) is 12.4 Å². The van der Waals surface area contributed by atoms with E-state index in [-0.39, 0.29) is 0 Å². The minimum atomic E-state index is 0.744. The number of rotatable bonds is 3. The molecule has 0 saturated heterocycles. The predicted octanol–water partition coefficient (Wildman–Crippen LogP) is 3.72. The van der Waals surface area contributed by atoms with Gasteiger partial charge in [-0.1, -0.05) is 34.1 Å². The average Bonchev–Trinajstić information content (AvgIpc) is 2.56. The highest BCUT2D eigenvalue weighted by atomic mass is 79.9. The second-order valence-electron chi connectivity index (χ2n) is 3.99. The number of ether oxygens (including phenoxy) is 1. The van der Waals surface area contributed by atoms with Crippen molar-refractivity contribution in [1.82, 2.24) is 9.78 Å². The lowest BCUT2D eigenvalue weighted by atomic mass is 10.2. The third-order valence-electron chi connectivity index (χ3n) is 2.72. The Balaban J connectivity index is 2.40. The molecule has 0 aliphatic carbocycles. The molecule has 0 spiro atoms. The molecule has 0 fully saturated rings. The molecular weight excluding hydrogens is 280 g/mol. The summed E-state index contributed by atoms with van der Waals surface area (Å²) >= 11 is 3.47. The molecule has 0 aliphatic heterocycles. The Labute approximate surface area is 110 Å². The molecule has 0 aliphatic rings. The Morgan fingerprint density at radius 2 is 2.00 bits per heavy atom. The number of benzene rings is 1. The Hall–Kier alpha value is -1.29. The van der Waals surface area contributed by atoms with Crippen LogP contribution in [0, 0.1) is 13.8 Å². The molecule has 0 unspecified atom stereocenters. The fourth-order valence-corrected chi connectivity index (χ4v) is 2.38. The molecule has 1 aromatic heterocycles. The molecule has 4 heteroatoms. The lowest BCUT2D eigenvalue weighted by Crippen LogP contribution is -1.97. The molecule has 0 bridgehead atoms. The smallest absolute Gasteiger partial charge is 0.221 e. The molecule has 3 nitrogen and oxygen atoms in total. The van der Waals surface area contributed by atoms with Gasteiger partial charge < -0.3 is 4.74 Å². The molecular formula is C13H15BrN2O. The first-order valence-corrected chi connectivity index (χ1v) is 6.57. The van der Waals surface area contributed by atoms with Crippen LogP contribution in [0.4, 0.5) is 0 Å². The topological polar surface area (TPSA) is 27.1 Å². The maximum atomic E-state index is 5.95. The maximum absolute atomic E-state index is 5.95. The number of hydrogen-bond acceptors (Lipinski definition) is 2. The Bertz CT molecular complexity index is 534. The van der Waals surface area contributed by atoms with Crippen LogP contribution >= 0.6 is 15.9 Å². The van der Waals surface area contributed by atoms with Gasteiger partial charge in [0, 0.05) is 17.9 Å². The van der Waals surface area contributed by atoms with Crippen LogP contribution in [0.25, 0.3) is 0 Å². The van der Waals surface area contributed by atoms with Gasteiger partial charge in [0.15, 0.2) is 0 Å². The monoisotopic (exact) mass is 294 g/mol. The van der Waals surface area contributed by atoms with Gasteiger partial charge in [0.25, 0.3) is 0 Å². The Morgan fingerprint density at radius 3 is 2.65 bits per heavy atom. The van der Waals surface area contributed by atoms with E-state index in [2.05, 4.69) is 21.0 Å². The number of aryl methyl sites for hydroxylation is 3. The van der Waals surface area contributed by atoms with Crippen LogP contribution in [-0.4, -0.2) is 9.78 Å². The molecule has 1 aromatic carbocycles. The Morgan fingerprint density at radius 1 is 1.29 bits per heavy atom. The maximum Gasteiger partial charge on any atom is 0.221 e. The van der Waals surface area contributed by atoms with Crippen molar-refractivity contribution >= 4 is 15.9 Å². The van der Waals surface area contributed by atoms with Crippen LogP contribution in [0.15, 0.2) is 24.3 Å². The molecule has 0 saturated carbocycles. The molecule has 0 N–H and O–H groups in total. The van der Waals surface area contributed by atoms with E-state index in [1.54, 1.807) is 4.68 Å². The molecule has 0 radical (unpaired) electrons. The minimum Gasteiger partial charge on any atom is -0.439 e. The van der Waals surface area contributed by atoms with Crippen molar-refractivity contribution in [2.45, 2.75) is 19.2 Å². The summed E-state index contributed by atoms with van der Waals surface area (Å²) < 4.78 is 7.73. The lowest BCUT2D eigenvalue weighted by Gasteiger charge is -2.09. The lowest BCUT2D eigenvalue weighted by molar-refractivity contribution is 0.425. The van der Waals surface area contributed by atoms with E-state index in [0.717, 1.165) is 33.8 Å². The summed E-state index contributed by atoms with van der Waals surface area (Å²) in [6, 6.07) is 7.98. The average molecular weight is 295 g/mol. The number of hydrogen-bond donors (Lipinski definition) is 0. The molecule has 0 atom stereocenters. The first kappa shape index (κ1) is 12.2. The zero-order chi connectivity index (χ0) is 12.4. The summed E-state index contributed by atoms with van der Waals surface area (Å²) in [5.41, 5.74) is 3.20. The molecule has 90 valence electrons. The van der Waals surface area contributed by atoms with Crippen LogP contribution in [0.2, 0.25) is 0 Å². The summed E-state index contributed by atoms with van der Waals surface area (Å²) in [4.78, 5) is 0. The SMILES string of the molecule is Cc1ccccc1Oc1c(CBr)c(C)nn1C. The first-order chi connectivity index (χ1) is 8.13. The number of nitrogens with zero attached hydrogens (tertiary/aromatic N) is 2. The normalized spacial score (nSPS) is 10.6. The number of halogens is 1. The van der Waals surface area contributed by atoms with E-state index >= 15 is 0 Å². The quantitative estimate of drug-likeness (QED) is 0.807. The summed E-state index contributed by atoms with van der Waals surface area (Å²) in [5, 5.41) is 5.11.